The second-order valence-electron chi connectivity index (χ2n) is 5.45. The molecule has 0 aliphatic heterocycles. The van der Waals surface area contributed by atoms with Crippen LogP contribution >= 0.6 is 0 Å². The molecule has 7 heteroatoms. The summed E-state index contributed by atoms with van der Waals surface area (Å²) < 4.78 is 10.0. The van der Waals surface area contributed by atoms with Crippen LogP contribution in [0.5, 0.6) is 5.75 Å². The van der Waals surface area contributed by atoms with Gasteiger partial charge in [0.25, 0.3) is 5.91 Å². The highest BCUT2D eigenvalue weighted by atomic mass is 16.5. The SMILES string of the molecule is COc1cccc(NC(=O)COC(=O)c2cc(=O)c3ccccc3[nH]2)c1. The van der Waals surface area contributed by atoms with Gasteiger partial charge < -0.3 is 19.8 Å². The number of pyridine rings is 1. The molecule has 0 atom stereocenters. The van der Waals surface area contributed by atoms with E-state index >= 15 is 0 Å². The number of amides is 1. The molecule has 0 bridgehead atoms. The van der Waals surface area contributed by atoms with Gasteiger partial charge >= 0.3 is 5.97 Å². The number of fused-ring (bicyclic) bond motifs is 1. The molecule has 1 amide bonds. The van der Waals surface area contributed by atoms with Crippen LogP contribution in [0.3, 0.4) is 0 Å². The lowest BCUT2D eigenvalue weighted by Crippen LogP contribution is -2.22. The van der Waals surface area contributed by atoms with E-state index in [4.69, 9.17) is 9.47 Å². The van der Waals surface area contributed by atoms with Crippen LogP contribution in [-0.4, -0.2) is 30.6 Å². The number of benzene rings is 2. The number of para-hydroxylation sites is 1. The molecule has 2 aromatic carbocycles. The number of hydrogen-bond donors (Lipinski definition) is 2. The van der Waals surface area contributed by atoms with Gasteiger partial charge in [0.05, 0.1) is 7.11 Å². The summed E-state index contributed by atoms with van der Waals surface area (Å²) in [6.07, 6.45) is 0. The van der Waals surface area contributed by atoms with Gasteiger partial charge in [-0.15, -0.1) is 0 Å². The summed E-state index contributed by atoms with van der Waals surface area (Å²) in [6.45, 7) is -0.481. The number of ether oxygens (including phenoxy) is 2. The Hall–Kier alpha value is -3.61. The Bertz CT molecular complexity index is 1030. The summed E-state index contributed by atoms with van der Waals surface area (Å²) in [7, 11) is 1.52. The second kappa shape index (κ2) is 7.52. The van der Waals surface area contributed by atoms with E-state index < -0.39 is 18.5 Å². The summed E-state index contributed by atoms with van der Waals surface area (Å²) in [4.78, 5) is 38.9. The van der Waals surface area contributed by atoms with Crippen LogP contribution in [0.2, 0.25) is 0 Å². The Balaban J connectivity index is 1.65. The van der Waals surface area contributed by atoms with E-state index in [0.717, 1.165) is 6.07 Å². The lowest BCUT2D eigenvalue weighted by Gasteiger charge is -2.08. The zero-order valence-corrected chi connectivity index (χ0v) is 13.9. The Morgan fingerprint density at radius 2 is 1.88 bits per heavy atom. The molecule has 3 aromatic rings. The molecule has 3 rings (SSSR count). The summed E-state index contributed by atoms with van der Waals surface area (Å²) >= 11 is 0. The molecule has 0 saturated heterocycles. The van der Waals surface area contributed by atoms with Crippen molar-refractivity contribution in [2.75, 3.05) is 19.0 Å². The standard InChI is InChI=1S/C19H16N2O5/c1-25-13-6-4-5-12(9-13)20-18(23)11-26-19(24)16-10-17(22)14-7-2-3-8-15(14)21-16/h2-10H,11H2,1H3,(H,20,23)(H,21,22). The molecule has 0 aliphatic rings. The summed E-state index contributed by atoms with van der Waals surface area (Å²) in [5, 5.41) is 3.07. The first-order valence-corrected chi connectivity index (χ1v) is 7.80. The maximum Gasteiger partial charge on any atom is 0.355 e. The monoisotopic (exact) mass is 352 g/mol. The molecule has 132 valence electrons. The molecular formula is C19H16N2O5. The molecule has 0 spiro atoms. The first-order chi connectivity index (χ1) is 12.6. The highest BCUT2D eigenvalue weighted by Gasteiger charge is 2.13. The average molecular weight is 352 g/mol. The van der Waals surface area contributed by atoms with E-state index in [2.05, 4.69) is 10.3 Å². The van der Waals surface area contributed by atoms with E-state index in [9.17, 15) is 14.4 Å². The zero-order valence-electron chi connectivity index (χ0n) is 13.9. The number of rotatable bonds is 5. The number of carbonyl (C=O) groups excluding carboxylic acids is 2. The van der Waals surface area contributed by atoms with Gasteiger partial charge in [-0.05, 0) is 24.3 Å². The first kappa shape index (κ1) is 17.2. The number of aromatic nitrogens is 1. The number of anilines is 1. The van der Waals surface area contributed by atoms with Crippen LogP contribution in [0.25, 0.3) is 10.9 Å². The normalized spacial score (nSPS) is 10.3. The maximum atomic E-state index is 12.1. The van der Waals surface area contributed by atoms with E-state index in [1.807, 2.05) is 0 Å². The lowest BCUT2D eigenvalue weighted by atomic mass is 10.2. The van der Waals surface area contributed by atoms with Gasteiger partial charge in [0.15, 0.2) is 12.0 Å². The Labute approximate surface area is 148 Å². The third kappa shape index (κ3) is 3.89. The predicted octanol–water partition coefficient (Wildman–Crippen LogP) is 2.33. The Morgan fingerprint density at radius 3 is 2.69 bits per heavy atom. The minimum Gasteiger partial charge on any atom is -0.497 e. The van der Waals surface area contributed by atoms with E-state index in [0.29, 0.717) is 22.3 Å². The van der Waals surface area contributed by atoms with Crippen molar-refractivity contribution in [1.29, 1.82) is 0 Å². The van der Waals surface area contributed by atoms with Crippen LogP contribution < -0.4 is 15.5 Å². The fourth-order valence-corrected chi connectivity index (χ4v) is 2.41. The van der Waals surface area contributed by atoms with Crippen molar-refractivity contribution in [3.8, 4) is 5.75 Å². The van der Waals surface area contributed by atoms with Crippen molar-refractivity contribution in [2.24, 2.45) is 0 Å². The van der Waals surface area contributed by atoms with Crippen LogP contribution in [0.1, 0.15) is 10.5 Å². The van der Waals surface area contributed by atoms with Crippen LogP contribution in [0.15, 0.2) is 59.4 Å². The molecule has 0 saturated carbocycles. The van der Waals surface area contributed by atoms with Crippen molar-refractivity contribution in [3.05, 3.63) is 70.5 Å². The Kier molecular flexibility index (Phi) is 4.98. The van der Waals surface area contributed by atoms with Crippen molar-refractivity contribution in [3.63, 3.8) is 0 Å². The van der Waals surface area contributed by atoms with Crippen LogP contribution in [-0.2, 0) is 9.53 Å². The molecule has 7 nitrogen and oxygen atoms in total. The molecule has 0 radical (unpaired) electrons. The Morgan fingerprint density at radius 1 is 1.08 bits per heavy atom. The van der Waals surface area contributed by atoms with Gasteiger partial charge in [-0.1, -0.05) is 18.2 Å². The predicted molar refractivity (Wildman–Crippen MR) is 96.5 cm³/mol. The van der Waals surface area contributed by atoms with Crippen molar-refractivity contribution in [2.45, 2.75) is 0 Å². The number of aromatic amines is 1. The smallest absolute Gasteiger partial charge is 0.355 e. The number of nitrogens with one attached hydrogen (secondary N) is 2. The van der Waals surface area contributed by atoms with Crippen LogP contribution in [0, 0.1) is 0 Å². The minimum atomic E-state index is -0.784. The molecule has 0 unspecified atom stereocenters. The number of esters is 1. The maximum absolute atomic E-state index is 12.1. The van der Waals surface area contributed by atoms with Gasteiger partial charge in [0.1, 0.15) is 11.4 Å². The molecule has 2 N–H and O–H groups in total. The molecule has 1 aromatic heterocycles. The summed E-state index contributed by atoms with van der Waals surface area (Å²) in [5.74, 6) is -0.697. The number of carbonyl (C=O) groups is 2. The topological polar surface area (TPSA) is 97.5 Å². The highest BCUT2D eigenvalue weighted by molar-refractivity contribution is 5.95. The van der Waals surface area contributed by atoms with Gasteiger partial charge in [-0.2, -0.15) is 0 Å². The van der Waals surface area contributed by atoms with Crippen molar-refractivity contribution in [1.82, 2.24) is 4.98 Å². The van der Waals surface area contributed by atoms with E-state index in [1.54, 1.807) is 48.5 Å². The van der Waals surface area contributed by atoms with Crippen molar-refractivity contribution >= 4 is 28.5 Å². The van der Waals surface area contributed by atoms with Gasteiger partial charge in [-0.25, -0.2) is 4.79 Å². The quantitative estimate of drug-likeness (QED) is 0.687. The largest absolute Gasteiger partial charge is 0.497 e. The molecule has 0 aliphatic carbocycles. The van der Waals surface area contributed by atoms with E-state index in [1.165, 1.54) is 7.11 Å². The number of methoxy groups -OCH3 is 1. The van der Waals surface area contributed by atoms with Gasteiger partial charge in [-0.3, -0.25) is 9.59 Å². The summed E-state index contributed by atoms with van der Waals surface area (Å²) in [6, 6.07) is 14.8. The third-order valence-corrected chi connectivity index (χ3v) is 3.65. The molecule has 26 heavy (non-hydrogen) atoms. The molecular weight excluding hydrogens is 336 g/mol. The van der Waals surface area contributed by atoms with E-state index in [-0.39, 0.29) is 11.1 Å². The second-order valence-corrected chi connectivity index (χ2v) is 5.45. The minimum absolute atomic E-state index is 0.0112. The van der Waals surface area contributed by atoms with Gasteiger partial charge in [0.2, 0.25) is 0 Å². The summed E-state index contributed by atoms with van der Waals surface area (Å²) in [5.41, 5.74) is 0.729. The molecule has 0 fully saturated rings. The fourth-order valence-electron chi connectivity index (χ4n) is 2.41. The first-order valence-electron chi connectivity index (χ1n) is 7.80. The molecule has 1 heterocycles. The van der Waals surface area contributed by atoms with Crippen LogP contribution in [0.4, 0.5) is 5.69 Å². The highest BCUT2D eigenvalue weighted by Crippen LogP contribution is 2.16. The zero-order chi connectivity index (χ0) is 18.5. The van der Waals surface area contributed by atoms with Gasteiger partial charge in [0, 0.05) is 28.7 Å². The number of hydrogen-bond acceptors (Lipinski definition) is 5. The lowest BCUT2D eigenvalue weighted by molar-refractivity contribution is -0.119. The average Bonchev–Trinajstić information content (AvgIpc) is 2.66. The third-order valence-electron chi connectivity index (χ3n) is 3.65. The fraction of sp³-hybridized carbons (Fsp3) is 0.105. The van der Waals surface area contributed by atoms with Crippen molar-refractivity contribution < 1.29 is 19.1 Å². The number of H-pyrrole nitrogens is 1.